The number of hydrogen-bond donors (Lipinski definition) is 1. The van der Waals surface area contributed by atoms with Crippen molar-refractivity contribution >= 4 is 38.5 Å². The van der Waals surface area contributed by atoms with Crippen LogP contribution in [0, 0.1) is 3.57 Å². The Hall–Kier alpha value is -0.470. The third kappa shape index (κ3) is 3.59. The van der Waals surface area contributed by atoms with Crippen molar-refractivity contribution in [2.75, 3.05) is 6.54 Å². The highest BCUT2D eigenvalue weighted by Crippen LogP contribution is 2.28. The van der Waals surface area contributed by atoms with Crippen molar-refractivity contribution in [3.8, 4) is 0 Å². The van der Waals surface area contributed by atoms with E-state index in [0.717, 1.165) is 29.7 Å². The summed E-state index contributed by atoms with van der Waals surface area (Å²) in [5.74, 6) is 0. The maximum atomic E-state index is 4.20. The third-order valence-electron chi connectivity index (χ3n) is 3.06. The highest BCUT2D eigenvalue weighted by Gasteiger charge is 2.20. The zero-order chi connectivity index (χ0) is 14.5. The molecule has 6 heteroatoms. The maximum Gasteiger partial charge on any atom is 0.0802 e. The van der Waals surface area contributed by atoms with Crippen LogP contribution in [0.15, 0.2) is 28.9 Å². The molecule has 0 spiro atoms. The first-order valence-electron chi connectivity index (χ1n) is 6.74. The Bertz CT molecular complexity index is 570. The average molecular weight is 449 g/mol. The molecule has 1 aromatic carbocycles. The predicted octanol–water partition coefficient (Wildman–Crippen LogP) is 3.75. The second kappa shape index (κ2) is 7.51. The predicted molar refractivity (Wildman–Crippen MR) is 92.7 cm³/mol. The van der Waals surface area contributed by atoms with Gasteiger partial charge in [-0.05, 0) is 59.3 Å². The standard InChI is InChI=1S/C14H18BrIN4/c1-3-7-20-13(9-18-19-20)14(17-4-2)11-8-10(15)5-6-12(11)16/h5-6,8-9,14,17H,3-4,7H2,1-2H3. The van der Waals surface area contributed by atoms with Gasteiger partial charge in [0.2, 0.25) is 0 Å². The molecule has 1 aromatic heterocycles. The maximum absolute atomic E-state index is 4.20. The fraction of sp³-hybridized carbons (Fsp3) is 0.429. The van der Waals surface area contributed by atoms with E-state index in [1.54, 1.807) is 0 Å². The summed E-state index contributed by atoms with van der Waals surface area (Å²) in [6, 6.07) is 6.47. The van der Waals surface area contributed by atoms with E-state index in [2.05, 4.69) is 86.2 Å². The molecule has 108 valence electrons. The molecule has 0 fully saturated rings. The summed E-state index contributed by atoms with van der Waals surface area (Å²) < 4.78 is 4.32. The molecule has 0 aliphatic rings. The summed E-state index contributed by atoms with van der Waals surface area (Å²) in [6.07, 6.45) is 2.91. The minimum absolute atomic E-state index is 0.117. The van der Waals surface area contributed by atoms with Gasteiger partial charge in [-0.2, -0.15) is 0 Å². The van der Waals surface area contributed by atoms with Crippen LogP contribution in [0.25, 0.3) is 0 Å². The number of benzene rings is 1. The third-order valence-corrected chi connectivity index (χ3v) is 4.53. The van der Waals surface area contributed by atoms with E-state index >= 15 is 0 Å². The van der Waals surface area contributed by atoms with Crippen molar-refractivity contribution in [2.45, 2.75) is 32.9 Å². The van der Waals surface area contributed by atoms with E-state index in [0.29, 0.717) is 0 Å². The van der Waals surface area contributed by atoms with Gasteiger partial charge in [-0.15, -0.1) is 5.10 Å². The molecule has 2 aromatic rings. The SMILES string of the molecule is CCCn1nncc1C(NCC)c1cc(Br)ccc1I. The Morgan fingerprint density at radius 1 is 1.40 bits per heavy atom. The molecule has 0 aliphatic carbocycles. The number of rotatable bonds is 6. The van der Waals surface area contributed by atoms with E-state index in [9.17, 15) is 0 Å². The highest BCUT2D eigenvalue weighted by atomic mass is 127. The highest BCUT2D eigenvalue weighted by molar-refractivity contribution is 14.1. The van der Waals surface area contributed by atoms with Crippen LogP contribution < -0.4 is 5.32 Å². The Balaban J connectivity index is 2.44. The number of aryl methyl sites for hydroxylation is 1. The Kier molecular flexibility index (Phi) is 5.98. The molecule has 1 N–H and O–H groups in total. The van der Waals surface area contributed by atoms with Gasteiger partial charge in [0, 0.05) is 14.6 Å². The Morgan fingerprint density at radius 3 is 2.90 bits per heavy atom. The molecule has 0 radical (unpaired) electrons. The van der Waals surface area contributed by atoms with Crippen molar-refractivity contribution in [1.29, 1.82) is 0 Å². The van der Waals surface area contributed by atoms with Crippen LogP contribution in [0.2, 0.25) is 0 Å². The van der Waals surface area contributed by atoms with Gasteiger partial charge in [-0.25, -0.2) is 4.68 Å². The summed E-state index contributed by atoms with van der Waals surface area (Å²) in [6.45, 7) is 6.05. The van der Waals surface area contributed by atoms with Gasteiger partial charge in [0.05, 0.1) is 17.9 Å². The smallest absolute Gasteiger partial charge is 0.0802 e. The van der Waals surface area contributed by atoms with E-state index < -0.39 is 0 Å². The molecule has 1 unspecified atom stereocenters. The van der Waals surface area contributed by atoms with Crippen LogP contribution in [-0.4, -0.2) is 21.5 Å². The summed E-state index contributed by atoms with van der Waals surface area (Å²) in [5.41, 5.74) is 2.37. The molecule has 4 nitrogen and oxygen atoms in total. The van der Waals surface area contributed by atoms with E-state index in [4.69, 9.17) is 0 Å². The fourth-order valence-electron chi connectivity index (χ4n) is 2.19. The minimum atomic E-state index is 0.117. The van der Waals surface area contributed by atoms with Crippen LogP contribution in [-0.2, 0) is 6.54 Å². The van der Waals surface area contributed by atoms with Crippen LogP contribution in [0.3, 0.4) is 0 Å². The van der Waals surface area contributed by atoms with Crippen LogP contribution in [0.1, 0.15) is 37.6 Å². The second-order valence-electron chi connectivity index (χ2n) is 4.54. The zero-order valence-electron chi connectivity index (χ0n) is 11.6. The molecular formula is C14H18BrIN4. The van der Waals surface area contributed by atoms with Gasteiger partial charge < -0.3 is 5.32 Å². The van der Waals surface area contributed by atoms with E-state index in [1.165, 1.54) is 9.13 Å². The summed E-state index contributed by atoms with van der Waals surface area (Å²) in [4.78, 5) is 0. The molecule has 20 heavy (non-hydrogen) atoms. The van der Waals surface area contributed by atoms with Crippen LogP contribution in [0.5, 0.6) is 0 Å². The van der Waals surface area contributed by atoms with Crippen molar-refractivity contribution in [2.24, 2.45) is 0 Å². The molecule has 0 bridgehead atoms. The zero-order valence-corrected chi connectivity index (χ0v) is 15.3. The molecule has 0 amide bonds. The number of aromatic nitrogens is 3. The first kappa shape index (κ1) is 15.9. The van der Waals surface area contributed by atoms with Gasteiger partial charge in [0.1, 0.15) is 0 Å². The Labute approximate surface area is 141 Å². The van der Waals surface area contributed by atoms with Crippen molar-refractivity contribution in [1.82, 2.24) is 20.3 Å². The lowest BCUT2D eigenvalue weighted by molar-refractivity contribution is 0.511. The van der Waals surface area contributed by atoms with Crippen molar-refractivity contribution in [3.63, 3.8) is 0 Å². The molecule has 0 saturated carbocycles. The first-order chi connectivity index (χ1) is 9.67. The topological polar surface area (TPSA) is 42.7 Å². The monoisotopic (exact) mass is 448 g/mol. The molecule has 1 heterocycles. The van der Waals surface area contributed by atoms with E-state index in [-0.39, 0.29) is 6.04 Å². The van der Waals surface area contributed by atoms with Crippen LogP contribution in [0.4, 0.5) is 0 Å². The summed E-state index contributed by atoms with van der Waals surface area (Å²) in [7, 11) is 0. The summed E-state index contributed by atoms with van der Waals surface area (Å²) >= 11 is 5.94. The number of nitrogens with zero attached hydrogens (tertiary/aromatic N) is 3. The van der Waals surface area contributed by atoms with Gasteiger partial charge in [-0.1, -0.05) is 35.0 Å². The lowest BCUT2D eigenvalue weighted by Gasteiger charge is -2.20. The van der Waals surface area contributed by atoms with Crippen molar-refractivity contribution < 1.29 is 0 Å². The largest absolute Gasteiger partial charge is 0.305 e. The molecule has 0 saturated heterocycles. The normalized spacial score (nSPS) is 12.6. The summed E-state index contributed by atoms with van der Waals surface area (Å²) in [5, 5.41) is 11.8. The average Bonchev–Trinajstić information content (AvgIpc) is 2.88. The van der Waals surface area contributed by atoms with Gasteiger partial charge in [0.25, 0.3) is 0 Å². The van der Waals surface area contributed by atoms with Gasteiger partial charge in [-0.3, -0.25) is 0 Å². The molecule has 1 atom stereocenters. The van der Waals surface area contributed by atoms with Gasteiger partial charge in [0.15, 0.2) is 0 Å². The molecule has 2 rings (SSSR count). The second-order valence-corrected chi connectivity index (χ2v) is 6.62. The fourth-order valence-corrected chi connectivity index (χ4v) is 3.21. The van der Waals surface area contributed by atoms with Gasteiger partial charge >= 0.3 is 0 Å². The molecular weight excluding hydrogens is 431 g/mol. The number of nitrogens with one attached hydrogen (secondary N) is 1. The van der Waals surface area contributed by atoms with Crippen LogP contribution >= 0.6 is 38.5 Å². The quantitative estimate of drug-likeness (QED) is 0.684. The van der Waals surface area contributed by atoms with Crippen molar-refractivity contribution in [3.05, 3.63) is 43.7 Å². The number of hydrogen-bond acceptors (Lipinski definition) is 3. The lowest BCUT2D eigenvalue weighted by atomic mass is 10.0. The minimum Gasteiger partial charge on any atom is -0.305 e. The number of halogens is 2. The lowest BCUT2D eigenvalue weighted by Crippen LogP contribution is -2.25. The van der Waals surface area contributed by atoms with E-state index in [1.807, 2.05) is 10.9 Å². The Morgan fingerprint density at radius 2 is 2.20 bits per heavy atom. The molecule has 0 aliphatic heterocycles. The first-order valence-corrected chi connectivity index (χ1v) is 8.61.